The van der Waals surface area contributed by atoms with Gasteiger partial charge in [0.1, 0.15) is 11.6 Å². The molecule has 0 aliphatic carbocycles. The molecule has 0 spiro atoms. The summed E-state index contributed by atoms with van der Waals surface area (Å²) in [6, 6.07) is 4.15. The van der Waals surface area contributed by atoms with Gasteiger partial charge in [0.2, 0.25) is 0 Å². The summed E-state index contributed by atoms with van der Waals surface area (Å²) in [5.74, 6) is 1.83. The first kappa shape index (κ1) is 14.7. The molecule has 1 atom stereocenters. The molecule has 1 aliphatic heterocycles. The average Bonchev–Trinajstić information content (AvgIpc) is 2.61. The van der Waals surface area contributed by atoms with Gasteiger partial charge >= 0.3 is 0 Å². The standard InChI is InChI=1S/C16H21N5O/c1-17-15-10-13(4-5-19-15)2-3-14-12-21(8-9-22-14)16-11-18-6-7-20-16/h4-7,10-11,14H,2-3,8-9,12H2,1H3,(H,17,19). The first-order chi connectivity index (χ1) is 10.8. The fourth-order valence-electron chi connectivity index (χ4n) is 2.65. The number of hydrogen-bond donors (Lipinski definition) is 1. The van der Waals surface area contributed by atoms with Crippen LogP contribution in [0.1, 0.15) is 12.0 Å². The molecular weight excluding hydrogens is 278 g/mol. The van der Waals surface area contributed by atoms with Crippen molar-refractivity contribution in [3.8, 4) is 0 Å². The lowest BCUT2D eigenvalue weighted by molar-refractivity contribution is 0.0352. The van der Waals surface area contributed by atoms with Crippen molar-refractivity contribution >= 4 is 11.6 Å². The Morgan fingerprint density at radius 1 is 1.32 bits per heavy atom. The summed E-state index contributed by atoms with van der Waals surface area (Å²) in [5.41, 5.74) is 1.28. The molecule has 1 fully saturated rings. The molecule has 6 heteroatoms. The van der Waals surface area contributed by atoms with Crippen molar-refractivity contribution in [3.63, 3.8) is 0 Å². The first-order valence-electron chi connectivity index (χ1n) is 7.60. The molecule has 0 saturated carbocycles. The summed E-state index contributed by atoms with van der Waals surface area (Å²) in [5, 5.41) is 3.07. The molecule has 2 aromatic heterocycles. The summed E-state index contributed by atoms with van der Waals surface area (Å²) >= 11 is 0. The highest BCUT2D eigenvalue weighted by atomic mass is 16.5. The van der Waals surface area contributed by atoms with E-state index in [9.17, 15) is 0 Å². The third-order valence-electron chi connectivity index (χ3n) is 3.85. The van der Waals surface area contributed by atoms with Gasteiger partial charge in [-0.2, -0.15) is 0 Å². The van der Waals surface area contributed by atoms with Crippen LogP contribution in [0, 0.1) is 0 Å². The normalized spacial score (nSPS) is 18.2. The van der Waals surface area contributed by atoms with Gasteiger partial charge in [0.25, 0.3) is 0 Å². The second-order valence-corrected chi connectivity index (χ2v) is 5.34. The number of aromatic nitrogens is 3. The minimum atomic E-state index is 0.224. The van der Waals surface area contributed by atoms with Crippen molar-refractivity contribution in [3.05, 3.63) is 42.5 Å². The maximum absolute atomic E-state index is 5.89. The minimum Gasteiger partial charge on any atom is -0.375 e. The zero-order valence-corrected chi connectivity index (χ0v) is 12.8. The summed E-state index contributed by atoms with van der Waals surface area (Å²) in [6.45, 7) is 2.47. The number of morpholine rings is 1. The molecular formula is C16H21N5O. The highest BCUT2D eigenvalue weighted by Crippen LogP contribution is 2.17. The van der Waals surface area contributed by atoms with Crippen LogP contribution in [0.4, 0.5) is 11.6 Å². The predicted octanol–water partition coefficient (Wildman–Crippen LogP) is 1.75. The Bertz CT molecular complexity index is 592. The summed E-state index contributed by atoms with van der Waals surface area (Å²) in [4.78, 5) is 15.0. The highest BCUT2D eigenvalue weighted by molar-refractivity contribution is 5.37. The molecule has 3 heterocycles. The summed E-state index contributed by atoms with van der Waals surface area (Å²) < 4.78 is 5.89. The minimum absolute atomic E-state index is 0.224. The van der Waals surface area contributed by atoms with Crippen LogP contribution in [-0.4, -0.2) is 47.8 Å². The smallest absolute Gasteiger partial charge is 0.147 e. The largest absolute Gasteiger partial charge is 0.375 e. The topological polar surface area (TPSA) is 63.2 Å². The Labute approximate surface area is 130 Å². The van der Waals surface area contributed by atoms with Gasteiger partial charge < -0.3 is 15.0 Å². The van der Waals surface area contributed by atoms with E-state index in [2.05, 4.69) is 37.3 Å². The molecule has 1 aliphatic rings. The van der Waals surface area contributed by atoms with Crippen LogP contribution < -0.4 is 10.2 Å². The summed E-state index contributed by atoms with van der Waals surface area (Å²) in [7, 11) is 1.88. The van der Waals surface area contributed by atoms with E-state index in [1.54, 1.807) is 12.4 Å². The Morgan fingerprint density at radius 3 is 3.09 bits per heavy atom. The highest BCUT2D eigenvalue weighted by Gasteiger charge is 2.21. The van der Waals surface area contributed by atoms with Gasteiger partial charge in [0.15, 0.2) is 0 Å². The molecule has 0 amide bonds. The maximum atomic E-state index is 5.89. The van der Waals surface area contributed by atoms with Gasteiger partial charge in [-0.25, -0.2) is 9.97 Å². The van der Waals surface area contributed by atoms with Crippen LogP contribution in [-0.2, 0) is 11.2 Å². The van der Waals surface area contributed by atoms with Crippen molar-refractivity contribution in [2.75, 3.05) is 37.0 Å². The third kappa shape index (κ3) is 3.71. The number of nitrogens with zero attached hydrogens (tertiary/aromatic N) is 4. The van der Waals surface area contributed by atoms with Gasteiger partial charge in [-0.15, -0.1) is 0 Å². The molecule has 22 heavy (non-hydrogen) atoms. The molecule has 1 N–H and O–H groups in total. The van der Waals surface area contributed by atoms with Gasteiger partial charge in [-0.3, -0.25) is 4.98 Å². The van der Waals surface area contributed by atoms with Gasteiger partial charge in [0, 0.05) is 38.7 Å². The lowest BCUT2D eigenvalue weighted by atomic mass is 10.1. The van der Waals surface area contributed by atoms with Crippen molar-refractivity contribution in [2.45, 2.75) is 18.9 Å². The van der Waals surface area contributed by atoms with E-state index >= 15 is 0 Å². The van der Waals surface area contributed by atoms with E-state index in [0.717, 1.165) is 44.2 Å². The van der Waals surface area contributed by atoms with Crippen LogP contribution in [0.15, 0.2) is 36.9 Å². The Morgan fingerprint density at radius 2 is 2.27 bits per heavy atom. The van der Waals surface area contributed by atoms with E-state index in [1.807, 2.05) is 19.4 Å². The summed E-state index contributed by atoms with van der Waals surface area (Å²) in [6.07, 6.45) is 9.28. The molecule has 6 nitrogen and oxygen atoms in total. The van der Waals surface area contributed by atoms with E-state index < -0.39 is 0 Å². The number of ether oxygens (including phenoxy) is 1. The number of rotatable bonds is 5. The fourth-order valence-corrected chi connectivity index (χ4v) is 2.65. The Hall–Kier alpha value is -2.21. The van der Waals surface area contributed by atoms with Crippen molar-refractivity contribution in [2.24, 2.45) is 0 Å². The molecule has 0 bridgehead atoms. The SMILES string of the molecule is CNc1cc(CCC2CN(c3cnccn3)CCO2)ccn1. The zero-order chi connectivity index (χ0) is 15.2. The van der Waals surface area contributed by atoms with Crippen molar-refractivity contribution in [1.82, 2.24) is 15.0 Å². The van der Waals surface area contributed by atoms with Crippen LogP contribution in [0.5, 0.6) is 0 Å². The quantitative estimate of drug-likeness (QED) is 0.907. The number of nitrogens with one attached hydrogen (secondary N) is 1. The van der Waals surface area contributed by atoms with Crippen molar-refractivity contribution in [1.29, 1.82) is 0 Å². The monoisotopic (exact) mass is 299 g/mol. The number of hydrogen-bond acceptors (Lipinski definition) is 6. The van der Waals surface area contributed by atoms with Crippen LogP contribution in [0.25, 0.3) is 0 Å². The van der Waals surface area contributed by atoms with Crippen LogP contribution in [0.3, 0.4) is 0 Å². The Kier molecular flexibility index (Phi) is 4.80. The van der Waals surface area contributed by atoms with Crippen molar-refractivity contribution < 1.29 is 4.74 Å². The van der Waals surface area contributed by atoms with Gasteiger partial charge in [-0.1, -0.05) is 0 Å². The molecule has 1 unspecified atom stereocenters. The molecule has 2 aromatic rings. The van der Waals surface area contributed by atoms with E-state index in [0.29, 0.717) is 0 Å². The van der Waals surface area contributed by atoms with Crippen LogP contribution >= 0.6 is 0 Å². The molecule has 3 rings (SSSR count). The first-order valence-corrected chi connectivity index (χ1v) is 7.60. The molecule has 0 radical (unpaired) electrons. The Balaban J connectivity index is 1.56. The zero-order valence-electron chi connectivity index (χ0n) is 12.8. The predicted molar refractivity (Wildman–Crippen MR) is 86.1 cm³/mol. The van der Waals surface area contributed by atoms with E-state index in [4.69, 9.17) is 4.74 Å². The lowest BCUT2D eigenvalue weighted by Crippen LogP contribution is -2.43. The second kappa shape index (κ2) is 7.17. The average molecular weight is 299 g/mol. The van der Waals surface area contributed by atoms with Gasteiger partial charge in [-0.05, 0) is 30.5 Å². The molecule has 1 saturated heterocycles. The number of aryl methyl sites for hydroxylation is 1. The van der Waals surface area contributed by atoms with Crippen LogP contribution in [0.2, 0.25) is 0 Å². The third-order valence-corrected chi connectivity index (χ3v) is 3.85. The second-order valence-electron chi connectivity index (χ2n) is 5.34. The number of anilines is 2. The fraction of sp³-hybridized carbons (Fsp3) is 0.438. The maximum Gasteiger partial charge on any atom is 0.147 e. The number of pyridine rings is 1. The van der Waals surface area contributed by atoms with Gasteiger partial charge in [0.05, 0.1) is 18.9 Å². The molecule has 116 valence electrons. The van der Waals surface area contributed by atoms with E-state index in [1.165, 1.54) is 5.56 Å². The lowest BCUT2D eigenvalue weighted by Gasteiger charge is -2.33. The molecule has 0 aromatic carbocycles. The van der Waals surface area contributed by atoms with E-state index in [-0.39, 0.29) is 6.10 Å².